The van der Waals surface area contributed by atoms with E-state index in [4.69, 9.17) is 27.9 Å². The fourth-order valence-electron chi connectivity index (χ4n) is 3.73. The molecule has 3 aromatic rings. The van der Waals surface area contributed by atoms with Crippen molar-refractivity contribution in [3.05, 3.63) is 81.1 Å². The minimum atomic E-state index is -0.957. The molecule has 2 aromatic carbocycles. The molecule has 0 unspecified atom stereocenters. The van der Waals surface area contributed by atoms with Crippen LogP contribution in [0.3, 0.4) is 0 Å². The van der Waals surface area contributed by atoms with Gasteiger partial charge in [-0.2, -0.15) is 5.10 Å². The summed E-state index contributed by atoms with van der Waals surface area (Å²) in [5.41, 5.74) is 3.36. The molecule has 2 heterocycles. The molecule has 0 saturated carbocycles. The molecule has 0 radical (unpaired) electrons. The molecule has 1 amide bonds. The van der Waals surface area contributed by atoms with E-state index >= 15 is 0 Å². The van der Waals surface area contributed by atoms with Gasteiger partial charge in [-0.15, -0.1) is 0 Å². The van der Waals surface area contributed by atoms with E-state index in [0.717, 1.165) is 23.2 Å². The van der Waals surface area contributed by atoms with Crippen molar-refractivity contribution in [1.82, 2.24) is 9.78 Å². The molecule has 0 N–H and O–H groups in total. The Morgan fingerprint density at radius 1 is 1.13 bits per heavy atom. The lowest BCUT2D eigenvalue weighted by Crippen LogP contribution is -2.39. The molecule has 1 aliphatic heterocycles. The van der Waals surface area contributed by atoms with Crippen LogP contribution in [0.5, 0.6) is 0 Å². The molecule has 0 spiro atoms. The maximum Gasteiger partial charge on any atom is 0.343 e. The molecule has 1 atom stereocenters. The molecular weight excluding hydrogens is 437 g/mol. The van der Waals surface area contributed by atoms with E-state index in [-0.39, 0.29) is 16.6 Å². The van der Waals surface area contributed by atoms with Crippen LogP contribution in [-0.4, -0.2) is 34.3 Å². The van der Waals surface area contributed by atoms with Gasteiger partial charge in [0.25, 0.3) is 5.91 Å². The monoisotopic (exact) mass is 457 g/mol. The number of hydrogen-bond acceptors (Lipinski definition) is 4. The highest BCUT2D eigenvalue weighted by atomic mass is 35.5. The van der Waals surface area contributed by atoms with Crippen LogP contribution in [0.25, 0.3) is 0 Å². The molecule has 0 fully saturated rings. The number of benzene rings is 2. The number of esters is 1. The molecule has 0 aliphatic carbocycles. The second-order valence-electron chi connectivity index (χ2n) is 7.42. The molecule has 1 aliphatic rings. The number of para-hydroxylation sites is 1. The van der Waals surface area contributed by atoms with Crippen molar-refractivity contribution in [2.24, 2.45) is 0 Å². The summed E-state index contributed by atoms with van der Waals surface area (Å²) in [6.45, 7) is 4.12. The van der Waals surface area contributed by atoms with Crippen LogP contribution in [0.4, 0.5) is 5.69 Å². The average Bonchev–Trinajstić information content (AvgIpc) is 3.29. The van der Waals surface area contributed by atoms with Gasteiger partial charge in [-0.3, -0.25) is 4.79 Å². The Labute approximate surface area is 190 Å². The fourth-order valence-corrected chi connectivity index (χ4v) is 4.24. The molecule has 0 bridgehead atoms. The van der Waals surface area contributed by atoms with Crippen molar-refractivity contribution < 1.29 is 14.3 Å². The van der Waals surface area contributed by atoms with Crippen LogP contribution in [-0.2, 0) is 22.5 Å². The predicted molar refractivity (Wildman–Crippen MR) is 120 cm³/mol. The van der Waals surface area contributed by atoms with Crippen molar-refractivity contribution in [3.63, 3.8) is 0 Å². The molecular formula is C23H21Cl2N3O3. The average molecular weight is 458 g/mol. The van der Waals surface area contributed by atoms with Crippen LogP contribution in [0.15, 0.2) is 48.5 Å². The van der Waals surface area contributed by atoms with E-state index < -0.39 is 12.1 Å². The third-order valence-corrected chi connectivity index (χ3v) is 6.09. The van der Waals surface area contributed by atoms with Gasteiger partial charge in [0.2, 0.25) is 0 Å². The highest BCUT2D eigenvalue weighted by Crippen LogP contribution is 2.29. The first-order chi connectivity index (χ1) is 14.9. The van der Waals surface area contributed by atoms with E-state index in [0.29, 0.717) is 23.8 Å². The third-order valence-electron chi connectivity index (χ3n) is 5.33. The zero-order valence-corrected chi connectivity index (χ0v) is 18.7. The smallest absolute Gasteiger partial charge is 0.343 e. The largest absolute Gasteiger partial charge is 0.449 e. The predicted octanol–water partition coefficient (Wildman–Crippen LogP) is 4.68. The minimum absolute atomic E-state index is 0.147. The lowest BCUT2D eigenvalue weighted by Gasteiger charge is -2.21. The summed E-state index contributed by atoms with van der Waals surface area (Å²) >= 11 is 12.7. The normalized spacial score (nSPS) is 13.7. The number of carbonyl (C=O) groups excluding carboxylic acids is 2. The van der Waals surface area contributed by atoms with Crippen LogP contribution in [0, 0.1) is 6.92 Å². The highest BCUT2D eigenvalue weighted by Gasteiger charge is 2.31. The number of aromatic nitrogens is 2. The number of hydrogen-bond donors (Lipinski definition) is 0. The summed E-state index contributed by atoms with van der Waals surface area (Å²) in [4.78, 5) is 27.4. The Kier molecular flexibility index (Phi) is 6.03. The standard InChI is InChI=1S/C23H21Cl2N3O3/c1-14-20(21(25)28(26-14)13-17-8-3-5-9-18(17)24)23(30)31-15(2)22(29)27-12-11-16-7-4-6-10-19(16)27/h3-10,15H,11-13H2,1-2H3/t15-/m1/s1. The Morgan fingerprint density at radius 3 is 2.61 bits per heavy atom. The van der Waals surface area contributed by atoms with Crippen LogP contribution in [0.2, 0.25) is 10.2 Å². The van der Waals surface area contributed by atoms with Gasteiger partial charge >= 0.3 is 5.97 Å². The summed E-state index contributed by atoms with van der Waals surface area (Å²) in [5.74, 6) is -0.947. The maximum absolute atomic E-state index is 12.9. The van der Waals surface area contributed by atoms with Crippen molar-refractivity contribution in [3.8, 4) is 0 Å². The quantitative estimate of drug-likeness (QED) is 0.521. The number of fused-ring (bicyclic) bond motifs is 1. The number of ether oxygens (including phenoxy) is 1. The van der Waals surface area contributed by atoms with Crippen molar-refractivity contribution >= 4 is 40.8 Å². The highest BCUT2D eigenvalue weighted by molar-refractivity contribution is 6.33. The summed E-state index contributed by atoms with van der Waals surface area (Å²) in [6, 6.07) is 15.1. The maximum atomic E-state index is 12.9. The Hall–Kier alpha value is -2.83. The van der Waals surface area contributed by atoms with Gasteiger partial charge in [0.05, 0.1) is 12.2 Å². The number of rotatable bonds is 5. The van der Waals surface area contributed by atoms with Gasteiger partial charge in [0.1, 0.15) is 10.7 Å². The number of amides is 1. The van der Waals surface area contributed by atoms with Gasteiger partial charge in [-0.1, -0.05) is 59.6 Å². The van der Waals surface area contributed by atoms with Crippen molar-refractivity contribution in [1.29, 1.82) is 0 Å². The van der Waals surface area contributed by atoms with Crippen LogP contribution < -0.4 is 4.90 Å². The van der Waals surface area contributed by atoms with Gasteiger partial charge in [-0.25, -0.2) is 9.48 Å². The number of nitrogens with zero attached hydrogens (tertiary/aromatic N) is 3. The van der Waals surface area contributed by atoms with Gasteiger partial charge in [0.15, 0.2) is 6.10 Å². The second kappa shape index (κ2) is 8.73. The van der Waals surface area contributed by atoms with Gasteiger partial charge in [-0.05, 0) is 43.5 Å². The third kappa shape index (κ3) is 4.18. The minimum Gasteiger partial charge on any atom is -0.449 e. The first-order valence-corrected chi connectivity index (χ1v) is 10.7. The zero-order chi connectivity index (χ0) is 22.1. The van der Waals surface area contributed by atoms with Crippen molar-refractivity contribution in [2.75, 3.05) is 11.4 Å². The number of carbonyl (C=O) groups is 2. The number of halogens is 2. The fraction of sp³-hybridized carbons (Fsp3) is 0.261. The molecule has 8 heteroatoms. The summed E-state index contributed by atoms with van der Waals surface area (Å²) in [6.07, 6.45) is -0.177. The zero-order valence-electron chi connectivity index (χ0n) is 17.1. The summed E-state index contributed by atoms with van der Waals surface area (Å²) in [5, 5.41) is 5.09. The first-order valence-electron chi connectivity index (χ1n) is 9.93. The van der Waals surface area contributed by atoms with E-state index in [2.05, 4.69) is 5.10 Å². The van der Waals surface area contributed by atoms with Gasteiger partial charge in [0, 0.05) is 17.3 Å². The SMILES string of the molecule is Cc1nn(Cc2ccccc2Cl)c(Cl)c1C(=O)O[C@H](C)C(=O)N1CCc2ccccc21. The second-order valence-corrected chi connectivity index (χ2v) is 8.18. The Bertz CT molecular complexity index is 1160. The van der Waals surface area contributed by atoms with Crippen LogP contribution >= 0.6 is 23.2 Å². The molecule has 4 rings (SSSR count). The topological polar surface area (TPSA) is 64.4 Å². The Balaban J connectivity index is 1.49. The lowest BCUT2D eigenvalue weighted by molar-refractivity contribution is -0.126. The van der Waals surface area contributed by atoms with E-state index in [1.165, 1.54) is 4.68 Å². The van der Waals surface area contributed by atoms with E-state index in [1.807, 2.05) is 42.5 Å². The Morgan fingerprint density at radius 2 is 1.84 bits per heavy atom. The summed E-state index contributed by atoms with van der Waals surface area (Å²) in [7, 11) is 0. The van der Waals surface area contributed by atoms with Crippen molar-refractivity contribution in [2.45, 2.75) is 32.9 Å². The molecule has 0 saturated heterocycles. The number of anilines is 1. The van der Waals surface area contributed by atoms with E-state index in [1.54, 1.807) is 24.8 Å². The van der Waals surface area contributed by atoms with Crippen LogP contribution in [0.1, 0.15) is 34.1 Å². The lowest BCUT2D eigenvalue weighted by atomic mass is 10.2. The summed E-state index contributed by atoms with van der Waals surface area (Å²) < 4.78 is 6.98. The van der Waals surface area contributed by atoms with E-state index in [9.17, 15) is 9.59 Å². The van der Waals surface area contributed by atoms with Gasteiger partial charge < -0.3 is 9.64 Å². The molecule has 160 valence electrons. The molecule has 1 aromatic heterocycles. The molecule has 31 heavy (non-hydrogen) atoms. The number of aryl methyl sites for hydroxylation is 1. The first kappa shape index (κ1) is 21.4. The molecule has 6 nitrogen and oxygen atoms in total.